The molecule has 0 aromatic carbocycles. The van der Waals surface area contributed by atoms with E-state index in [0.717, 1.165) is 25.7 Å². The summed E-state index contributed by atoms with van der Waals surface area (Å²) in [6.45, 7) is 0. The van der Waals surface area contributed by atoms with Crippen molar-refractivity contribution >= 4 is 11.6 Å². The molecular weight excluding hydrogens is 212 g/mol. The average molecular weight is 224 g/mol. The van der Waals surface area contributed by atoms with Crippen molar-refractivity contribution in [3.05, 3.63) is 21.5 Å². The summed E-state index contributed by atoms with van der Waals surface area (Å²) < 4.78 is 0. The molecule has 86 valence electrons. The van der Waals surface area contributed by atoms with Crippen molar-refractivity contribution in [3.63, 3.8) is 0 Å². The smallest absolute Gasteiger partial charge is 0.323 e. The van der Waals surface area contributed by atoms with Crippen molar-refractivity contribution in [2.24, 2.45) is 5.73 Å². The topological polar surface area (TPSA) is 115 Å². The number of hydrogen-bond acceptors (Lipinski definition) is 4. The first kappa shape index (κ1) is 10.6. The van der Waals surface area contributed by atoms with Gasteiger partial charge in [0.2, 0.25) is 5.69 Å². The van der Waals surface area contributed by atoms with E-state index in [9.17, 15) is 14.9 Å². The minimum Gasteiger partial charge on any atom is -0.364 e. The number of H-pyrrole nitrogens is 1. The molecule has 2 rings (SSSR count). The third-order valence-corrected chi connectivity index (χ3v) is 2.95. The quantitative estimate of drug-likeness (QED) is 0.590. The average Bonchev–Trinajstić information content (AvgIpc) is 2.85. The van der Waals surface area contributed by atoms with E-state index < -0.39 is 10.8 Å². The van der Waals surface area contributed by atoms with Gasteiger partial charge in [0.15, 0.2) is 0 Å². The van der Waals surface area contributed by atoms with E-state index in [1.807, 2.05) is 0 Å². The standard InChI is InChI=1S/C9H12N4O3/c10-9(14)7-8(13(15)16)6(11-12-7)5-3-1-2-4-5/h5H,1-4H2,(H2,10,14)(H,11,12). The number of nitrogens with two attached hydrogens (primary N) is 1. The van der Waals surface area contributed by atoms with Crippen LogP contribution in [0.4, 0.5) is 5.69 Å². The lowest BCUT2D eigenvalue weighted by Crippen LogP contribution is -2.13. The predicted octanol–water partition coefficient (Wildman–Crippen LogP) is 1.07. The monoisotopic (exact) mass is 224 g/mol. The summed E-state index contributed by atoms with van der Waals surface area (Å²) in [6.07, 6.45) is 3.88. The molecule has 0 saturated heterocycles. The van der Waals surface area contributed by atoms with Crippen LogP contribution < -0.4 is 5.73 Å². The largest absolute Gasteiger partial charge is 0.364 e. The SMILES string of the molecule is NC(=O)c1n[nH]c(C2CCCC2)c1[N+](=O)[O-]. The normalized spacial score (nSPS) is 16.5. The van der Waals surface area contributed by atoms with Gasteiger partial charge in [-0.15, -0.1) is 0 Å². The molecule has 0 radical (unpaired) electrons. The molecule has 16 heavy (non-hydrogen) atoms. The highest BCUT2D eigenvalue weighted by atomic mass is 16.6. The molecule has 1 fully saturated rings. The number of carbonyl (C=O) groups is 1. The van der Waals surface area contributed by atoms with E-state index in [-0.39, 0.29) is 17.3 Å². The Morgan fingerprint density at radius 2 is 2.12 bits per heavy atom. The number of primary amides is 1. The lowest BCUT2D eigenvalue weighted by atomic mass is 10.0. The van der Waals surface area contributed by atoms with Crippen LogP contribution in [0.15, 0.2) is 0 Å². The minimum atomic E-state index is -0.868. The van der Waals surface area contributed by atoms with Gasteiger partial charge in [-0.3, -0.25) is 20.0 Å². The highest BCUT2D eigenvalue weighted by molar-refractivity contribution is 5.95. The molecule has 3 N–H and O–H groups in total. The van der Waals surface area contributed by atoms with Crippen LogP contribution in [-0.2, 0) is 0 Å². The predicted molar refractivity (Wildman–Crippen MR) is 55.0 cm³/mol. The molecule has 1 aliphatic carbocycles. The van der Waals surface area contributed by atoms with Crippen molar-refractivity contribution in [3.8, 4) is 0 Å². The summed E-state index contributed by atoms with van der Waals surface area (Å²) in [6, 6.07) is 0. The molecule has 0 unspecified atom stereocenters. The maximum Gasteiger partial charge on any atom is 0.323 e. The van der Waals surface area contributed by atoms with Crippen molar-refractivity contribution in [2.75, 3.05) is 0 Å². The second kappa shape index (κ2) is 3.92. The van der Waals surface area contributed by atoms with Gasteiger partial charge in [-0.1, -0.05) is 12.8 Å². The van der Waals surface area contributed by atoms with Gasteiger partial charge in [0, 0.05) is 5.92 Å². The number of nitrogens with one attached hydrogen (secondary N) is 1. The Morgan fingerprint density at radius 1 is 1.50 bits per heavy atom. The summed E-state index contributed by atoms with van der Waals surface area (Å²) in [5, 5.41) is 17.1. The molecule has 1 saturated carbocycles. The highest BCUT2D eigenvalue weighted by Crippen LogP contribution is 2.38. The van der Waals surface area contributed by atoms with Gasteiger partial charge < -0.3 is 5.73 Å². The molecule has 1 amide bonds. The second-order valence-corrected chi connectivity index (χ2v) is 3.94. The van der Waals surface area contributed by atoms with Gasteiger partial charge in [-0.2, -0.15) is 5.10 Å². The van der Waals surface area contributed by atoms with Crippen LogP contribution in [0.1, 0.15) is 47.8 Å². The molecule has 0 aliphatic heterocycles. The number of nitro groups is 1. The van der Waals surface area contributed by atoms with Crippen molar-refractivity contribution in [1.82, 2.24) is 10.2 Å². The fraction of sp³-hybridized carbons (Fsp3) is 0.556. The van der Waals surface area contributed by atoms with Gasteiger partial charge in [0.05, 0.1) is 4.92 Å². The number of aromatic nitrogens is 2. The molecule has 1 aliphatic rings. The number of nitrogens with zero attached hydrogens (tertiary/aromatic N) is 2. The van der Waals surface area contributed by atoms with Crippen LogP contribution in [-0.4, -0.2) is 21.0 Å². The Balaban J connectivity index is 2.45. The van der Waals surface area contributed by atoms with E-state index in [0.29, 0.717) is 5.69 Å². The van der Waals surface area contributed by atoms with E-state index in [1.165, 1.54) is 0 Å². The summed E-state index contributed by atoms with van der Waals surface area (Å²) in [5.41, 5.74) is 4.96. The highest BCUT2D eigenvalue weighted by Gasteiger charge is 2.33. The van der Waals surface area contributed by atoms with Gasteiger partial charge in [-0.05, 0) is 12.8 Å². The zero-order valence-corrected chi connectivity index (χ0v) is 8.60. The zero-order valence-electron chi connectivity index (χ0n) is 8.60. The molecular formula is C9H12N4O3. The van der Waals surface area contributed by atoms with E-state index in [2.05, 4.69) is 10.2 Å². The maximum atomic E-state index is 11.0. The fourth-order valence-corrected chi connectivity index (χ4v) is 2.21. The number of hydrogen-bond donors (Lipinski definition) is 2. The first-order valence-electron chi connectivity index (χ1n) is 5.13. The van der Waals surface area contributed by atoms with Crippen molar-refractivity contribution in [2.45, 2.75) is 31.6 Å². The van der Waals surface area contributed by atoms with E-state index in [4.69, 9.17) is 5.73 Å². The maximum absolute atomic E-state index is 11.0. The molecule has 7 heteroatoms. The second-order valence-electron chi connectivity index (χ2n) is 3.94. The summed E-state index contributed by atoms with van der Waals surface area (Å²) in [7, 11) is 0. The van der Waals surface area contributed by atoms with E-state index >= 15 is 0 Å². The van der Waals surface area contributed by atoms with Crippen LogP contribution in [0.2, 0.25) is 0 Å². The number of amides is 1. The zero-order chi connectivity index (χ0) is 11.7. The summed E-state index contributed by atoms with van der Waals surface area (Å²) in [5.74, 6) is -0.770. The Hall–Kier alpha value is -1.92. The number of aromatic amines is 1. The molecule has 0 atom stereocenters. The molecule has 1 heterocycles. The molecule has 7 nitrogen and oxygen atoms in total. The van der Waals surface area contributed by atoms with Crippen LogP contribution in [0.5, 0.6) is 0 Å². The van der Waals surface area contributed by atoms with Gasteiger partial charge in [0.25, 0.3) is 5.91 Å². The first-order valence-corrected chi connectivity index (χ1v) is 5.13. The Kier molecular flexibility index (Phi) is 2.59. The van der Waals surface area contributed by atoms with Crippen molar-refractivity contribution in [1.29, 1.82) is 0 Å². The Labute approximate surface area is 91.2 Å². The third kappa shape index (κ3) is 1.64. The molecule has 0 bridgehead atoms. The number of carbonyl (C=O) groups excluding carboxylic acids is 1. The first-order chi connectivity index (χ1) is 7.61. The van der Waals surface area contributed by atoms with Crippen LogP contribution in [0.3, 0.4) is 0 Å². The lowest BCUT2D eigenvalue weighted by Gasteiger charge is -2.04. The lowest BCUT2D eigenvalue weighted by molar-refractivity contribution is -0.386. The Morgan fingerprint density at radius 3 is 2.62 bits per heavy atom. The van der Waals surface area contributed by atoms with Crippen molar-refractivity contribution < 1.29 is 9.72 Å². The Bertz CT molecular complexity index is 434. The molecule has 1 aromatic rings. The third-order valence-electron chi connectivity index (χ3n) is 2.95. The fourth-order valence-electron chi connectivity index (χ4n) is 2.21. The number of rotatable bonds is 3. The molecule has 0 spiro atoms. The van der Waals surface area contributed by atoms with Crippen LogP contribution >= 0.6 is 0 Å². The summed E-state index contributed by atoms with van der Waals surface area (Å²) >= 11 is 0. The minimum absolute atomic E-state index is 0.0981. The van der Waals surface area contributed by atoms with E-state index in [1.54, 1.807) is 0 Å². The van der Waals surface area contributed by atoms with Crippen LogP contribution in [0, 0.1) is 10.1 Å². The van der Waals surface area contributed by atoms with Gasteiger partial charge in [0.1, 0.15) is 5.69 Å². The van der Waals surface area contributed by atoms with Gasteiger partial charge >= 0.3 is 5.69 Å². The van der Waals surface area contributed by atoms with Gasteiger partial charge in [-0.25, -0.2) is 0 Å². The summed E-state index contributed by atoms with van der Waals surface area (Å²) in [4.78, 5) is 21.3. The molecule has 1 aromatic heterocycles. The van der Waals surface area contributed by atoms with Crippen LogP contribution in [0.25, 0.3) is 0 Å².